The molecular formula is C14H18O4. The summed E-state index contributed by atoms with van der Waals surface area (Å²) < 4.78 is 15.7. The van der Waals surface area contributed by atoms with E-state index < -0.39 is 0 Å². The lowest BCUT2D eigenvalue weighted by molar-refractivity contribution is -0.134. The highest BCUT2D eigenvalue weighted by molar-refractivity contribution is 5.72. The molecule has 1 aliphatic rings. The highest BCUT2D eigenvalue weighted by atomic mass is 16.6. The standard InChI is InChI=1S/C14H18O4/c1-2-3-4-14(15)18-12-7-5-11(6-8-12)16-9-13-10-17-13/h5-8,13H,2-4,9-10H2,1H3. The van der Waals surface area contributed by atoms with Gasteiger partial charge >= 0.3 is 5.97 Å². The van der Waals surface area contributed by atoms with E-state index in [4.69, 9.17) is 14.2 Å². The minimum absolute atomic E-state index is 0.183. The van der Waals surface area contributed by atoms with Crippen LogP contribution in [0.2, 0.25) is 0 Å². The second-order valence-electron chi connectivity index (χ2n) is 4.32. The van der Waals surface area contributed by atoms with Gasteiger partial charge in [-0.05, 0) is 30.7 Å². The van der Waals surface area contributed by atoms with E-state index in [-0.39, 0.29) is 12.1 Å². The minimum atomic E-state index is -0.183. The molecule has 1 heterocycles. The van der Waals surface area contributed by atoms with Crippen molar-refractivity contribution in [3.63, 3.8) is 0 Å². The number of hydrogen-bond donors (Lipinski definition) is 0. The van der Waals surface area contributed by atoms with E-state index in [1.54, 1.807) is 24.3 Å². The lowest BCUT2D eigenvalue weighted by Gasteiger charge is -2.06. The molecule has 0 amide bonds. The number of benzene rings is 1. The predicted molar refractivity (Wildman–Crippen MR) is 66.8 cm³/mol. The molecule has 0 aromatic heterocycles. The zero-order valence-corrected chi connectivity index (χ0v) is 10.6. The van der Waals surface area contributed by atoms with Crippen LogP contribution in [0, 0.1) is 0 Å². The smallest absolute Gasteiger partial charge is 0.311 e. The summed E-state index contributed by atoms with van der Waals surface area (Å²) in [4.78, 5) is 11.4. The van der Waals surface area contributed by atoms with Crippen LogP contribution in [0.4, 0.5) is 0 Å². The van der Waals surface area contributed by atoms with Crippen LogP contribution in [0.3, 0.4) is 0 Å². The maximum absolute atomic E-state index is 11.4. The number of hydrogen-bond acceptors (Lipinski definition) is 4. The molecule has 0 N–H and O–H groups in total. The van der Waals surface area contributed by atoms with E-state index in [0.717, 1.165) is 25.2 Å². The molecule has 1 fully saturated rings. The van der Waals surface area contributed by atoms with Gasteiger partial charge in [0.2, 0.25) is 0 Å². The second-order valence-corrected chi connectivity index (χ2v) is 4.32. The first-order chi connectivity index (χ1) is 8.78. The summed E-state index contributed by atoms with van der Waals surface area (Å²) in [7, 11) is 0. The first-order valence-corrected chi connectivity index (χ1v) is 6.33. The molecule has 0 bridgehead atoms. The van der Waals surface area contributed by atoms with Crippen LogP contribution >= 0.6 is 0 Å². The summed E-state index contributed by atoms with van der Waals surface area (Å²) >= 11 is 0. The third kappa shape index (κ3) is 4.37. The molecule has 98 valence electrons. The Hall–Kier alpha value is -1.55. The highest BCUT2D eigenvalue weighted by Crippen LogP contribution is 2.19. The van der Waals surface area contributed by atoms with E-state index in [9.17, 15) is 4.79 Å². The fourth-order valence-electron chi connectivity index (χ4n) is 1.46. The van der Waals surface area contributed by atoms with Gasteiger partial charge in [-0.15, -0.1) is 0 Å². The largest absolute Gasteiger partial charge is 0.491 e. The second kappa shape index (κ2) is 6.40. The Morgan fingerprint density at radius 1 is 1.33 bits per heavy atom. The summed E-state index contributed by atoms with van der Waals surface area (Å²) in [5, 5.41) is 0. The third-order valence-corrected chi connectivity index (χ3v) is 2.63. The average molecular weight is 250 g/mol. The summed E-state index contributed by atoms with van der Waals surface area (Å²) in [6.07, 6.45) is 2.57. The van der Waals surface area contributed by atoms with Crippen molar-refractivity contribution in [2.45, 2.75) is 32.3 Å². The Labute approximate surface area is 107 Å². The van der Waals surface area contributed by atoms with Crippen LogP contribution in [0.25, 0.3) is 0 Å². The van der Waals surface area contributed by atoms with E-state index >= 15 is 0 Å². The van der Waals surface area contributed by atoms with Crippen molar-refractivity contribution in [3.8, 4) is 11.5 Å². The summed E-state index contributed by atoms with van der Waals surface area (Å²) in [6, 6.07) is 7.08. The van der Waals surface area contributed by atoms with Crippen LogP contribution in [0.15, 0.2) is 24.3 Å². The molecule has 1 aromatic carbocycles. The lowest BCUT2D eigenvalue weighted by Crippen LogP contribution is -2.07. The Morgan fingerprint density at radius 3 is 2.61 bits per heavy atom. The number of ether oxygens (including phenoxy) is 3. The Bertz CT molecular complexity index is 381. The predicted octanol–water partition coefficient (Wildman–Crippen LogP) is 2.56. The van der Waals surface area contributed by atoms with Gasteiger partial charge in [0.25, 0.3) is 0 Å². The fraction of sp³-hybridized carbons (Fsp3) is 0.500. The molecule has 0 spiro atoms. The van der Waals surface area contributed by atoms with E-state index in [2.05, 4.69) is 0 Å². The van der Waals surface area contributed by atoms with Crippen LogP contribution in [-0.2, 0) is 9.53 Å². The van der Waals surface area contributed by atoms with Crippen molar-refractivity contribution in [1.29, 1.82) is 0 Å². The number of epoxide rings is 1. The van der Waals surface area contributed by atoms with Crippen molar-refractivity contribution < 1.29 is 19.0 Å². The number of esters is 1. The maximum atomic E-state index is 11.4. The molecule has 1 aromatic rings. The highest BCUT2D eigenvalue weighted by Gasteiger charge is 2.22. The monoisotopic (exact) mass is 250 g/mol. The molecular weight excluding hydrogens is 232 g/mol. The Balaban J connectivity index is 1.77. The van der Waals surface area contributed by atoms with E-state index in [0.29, 0.717) is 18.8 Å². The molecule has 18 heavy (non-hydrogen) atoms. The Morgan fingerprint density at radius 2 is 2.00 bits per heavy atom. The zero-order valence-electron chi connectivity index (χ0n) is 10.6. The molecule has 1 atom stereocenters. The zero-order chi connectivity index (χ0) is 12.8. The van der Waals surface area contributed by atoms with Gasteiger partial charge in [0.05, 0.1) is 6.61 Å². The van der Waals surface area contributed by atoms with E-state index in [1.807, 2.05) is 6.92 Å². The van der Waals surface area contributed by atoms with Gasteiger partial charge in [0.1, 0.15) is 24.2 Å². The number of rotatable bonds is 7. The quantitative estimate of drug-likeness (QED) is 0.424. The van der Waals surface area contributed by atoms with Crippen molar-refractivity contribution in [2.24, 2.45) is 0 Å². The van der Waals surface area contributed by atoms with Crippen LogP contribution < -0.4 is 9.47 Å². The number of carbonyl (C=O) groups is 1. The molecule has 1 saturated heterocycles. The third-order valence-electron chi connectivity index (χ3n) is 2.63. The molecule has 1 aliphatic heterocycles. The average Bonchev–Trinajstić information content (AvgIpc) is 3.20. The molecule has 4 nitrogen and oxygen atoms in total. The SMILES string of the molecule is CCCCC(=O)Oc1ccc(OCC2CO2)cc1. The lowest BCUT2D eigenvalue weighted by atomic mass is 10.2. The summed E-state index contributed by atoms with van der Waals surface area (Å²) in [6.45, 7) is 3.41. The van der Waals surface area contributed by atoms with Crippen molar-refractivity contribution in [3.05, 3.63) is 24.3 Å². The normalized spacial score (nSPS) is 17.3. The van der Waals surface area contributed by atoms with Crippen molar-refractivity contribution in [2.75, 3.05) is 13.2 Å². The van der Waals surface area contributed by atoms with Crippen LogP contribution in [0.1, 0.15) is 26.2 Å². The van der Waals surface area contributed by atoms with Gasteiger partial charge in [0, 0.05) is 6.42 Å². The first-order valence-electron chi connectivity index (χ1n) is 6.33. The topological polar surface area (TPSA) is 48.1 Å². The molecule has 0 aliphatic carbocycles. The Kier molecular flexibility index (Phi) is 4.59. The van der Waals surface area contributed by atoms with Gasteiger partial charge in [-0.3, -0.25) is 4.79 Å². The van der Waals surface area contributed by atoms with Crippen LogP contribution in [0.5, 0.6) is 11.5 Å². The molecule has 2 rings (SSSR count). The van der Waals surface area contributed by atoms with Gasteiger partial charge in [-0.25, -0.2) is 0 Å². The summed E-state index contributed by atoms with van der Waals surface area (Å²) in [5.41, 5.74) is 0. The van der Waals surface area contributed by atoms with Gasteiger partial charge in [-0.1, -0.05) is 13.3 Å². The van der Waals surface area contributed by atoms with Gasteiger partial charge < -0.3 is 14.2 Å². The molecule has 4 heteroatoms. The molecule has 1 unspecified atom stereocenters. The van der Waals surface area contributed by atoms with Gasteiger partial charge in [0.15, 0.2) is 0 Å². The van der Waals surface area contributed by atoms with E-state index in [1.165, 1.54) is 0 Å². The minimum Gasteiger partial charge on any atom is -0.491 e. The van der Waals surface area contributed by atoms with Crippen molar-refractivity contribution >= 4 is 5.97 Å². The summed E-state index contributed by atoms with van der Waals surface area (Å²) in [5.74, 6) is 1.14. The molecule has 0 saturated carbocycles. The van der Waals surface area contributed by atoms with Crippen molar-refractivity contribution in [1.82, 2.24) is 0 Å². The fourth-order valence-corrected chi connectivity index (χ4v) is 1.46. The number of carbonyl (C=O) groups excluding carboxylic acids is 1. The van der Waals surface area contributed by atoms with Crippen LogP contribution in [-0.4, -0.2) is 25.3 Å². The van der Waals surface area contributed by atoms with Gasteiger partial charge in [-0.2, -0.15) is 0 Å². The first kappa shape index (κ1) is 12.9. The maximum Gasteiger partial charge on any atom is 0.311 e. The molecule has 0 radical (unpaired) electrons. The number of unbranched alkanes of at least 4 members (excludes halogenated alkanes) is 1.